The molecule has 0 aliphatic rings. The maximum atomic E-state index is 5.69. The van der Waals surface area contributed by atoms with Crippen LogP contribution in [0.1, 0.15) is 12.5 Å². The highest BCUT2D eigenvalue weighted by Gasteiger charge is 1.95. The van der Waals surface area contributed by atoms with Crippen LogP contribution >= 0.6 is 0 Å². The van der Waals surface area contributed by atoms with Gasteiger partial charge in [0.05, 0.1) is 5.70 Å². The van der Waals surface area contributed by atoms with Crippen LogP contribution in [0.4, 0.5) is 0 Å². The average molecular weight is 148 g/mol. The van der Waals surface area contributed by atoms with Crippen LogP contribution in [-0.2, 0) is 0 Å². The normalized spacial score (nSPS) is 12.5. The summed E-state index contributed by atoms with van der Waals surface area (Å²) in [6.45, 7) is 1.79. The van der Waals surface area contributed by atoms with Gasteiger partial charge in [0.25, 0.3) is 0 Å². The van der Waals surface area contributed by atoms with E-state index in [-0.39, 0.29) is 0 Å². The molecule has 0 amide bonds. The lowest BCUT2D eigenvalue weighted by atomic mass is 10.1. The molecule has 0 aliphatic carbocycles. The number of hydrogen-bond donors (Lipinski definition) is 2. The zero-order chi connectivity index (χ0) is 8.27. The van der Waals surface area contributed by atoms with Crippen molar-refractivity contribution < 1.29 is 0 Å². The molecule has 11 heavy (non-hydrogen) atoms. The molecule has 0 bridgehead atoms. The van der Waals surface area contributed by atoms with E-state index in [4.69, 9.17) is 11.5 Å². The van der Waals surface area contributed by atoms with Crippen molar-refractivity contribution in [2.75, 3.05) is 0 Å². The van der Waals surface area contributed by atoms with Gasteiger partial charge in [-0.25, -0.2) is 0 Å². The average Bonchev–Trinajstić information content (AvgIpc) is 2.05. The van der Waals surface area contributed by atoms with E-state index in [2.05, 4.69) is 0 Å². The highest BCUT2D eigenvalue weighted by molar-refractivity contribution is 5.64. The number of nitrogens with two attached hydrogens (primary N) is 2. The maximum absolute atomic E-state index is 5.69. The molecule has 0 heterocycles. The standard InChI is InChI=1S/C9H12N2/c1-7(10)9(11)8-5-3-2-4-6-8/h2-6H,10-11H2,1H3/b9-7-. The van der Waals surface area contributed by atoms with E-state index in [1.807, 2.05) is 30.3 Å². The summed E-state index contributed by atoms with van der Waals surface area (Å²) in [7, 11) is 0. The minimum Gasteiger partial charge on any atom is -0.401 e. The van der Waals surface area contributed by atoms with Gasteiger partial charge in [-0.3, -0.25) is 0 Å². The molecule has 2 nitrogen and oxygen atoms in total. The van der Waals surface area contributed by atoms with Crippen molar-refractivity contribution in [3.8, 4) is 0 Å². The zero-order valence-corrected chi connectivity index (χ0v) is 6.54. The largest absolute Gasteiger partial charge is 0.401 e. The van der Waals surface area contributed by atoms with E-state index in [0.29, 0.717) is 11.4 Å². The van der Waals surface area contributed by atoms with Gasteiger partial charge in [0, 0.05) is 5.70 Å². The Morgan fingerprint density at radius 1 is 1.09 bits per heavy atom. The molecule has 0 atom stereocenters. The van der Waals surface area contributed by atoms with Crippen LogP contribution < -0.4 is 11.5 Å². The van der Waals surface area contributed by atoms with E-state index in [9.17, 15) is 0 Å². The second-order valence-electron chi connectivity index (χ2n) is 2.46. The summed E-state index contributed by atoms with van der Waals surface area (Å²) in [4.78, 5) is 0. The fourth-order valence-corrected chi connectivity index (χ4v) is 0.845. The first-order valence-corrected chi connectivity index (χ1v) is 3.49. The Morgan fingerprint density at radius 2 is 1.64 bits per heavy atom. The minimum absolute atomic E-state index is 0.658. The van der Waals surface area contributed by atoms with Crippen LogP contribution in [0, 0.1) is 0 Å². The minimum atomic E-state index is 0.658. The number of hydrogen-bond acceptors (Lipinski definition) is 2. The zero-order valence-electron chi connectivity index (χ0n) is 6.54. The lowest BCUT2D eigenvalue weighted by molar-refractivity contribution is 1.28. The number of benzene rings is 1. The molecule has 0 aliphatic heterocycles. The van der Waals surface area contributed by atoms with Crippen LogP contribution in [0.2, 0.25) is 0 Å². The third-order valence-electron chi connectivity index (χ3n) is 1.51. The molecule has 0 saturated heterocycles. The summed E-state index contributed by atoms with van der Waals surface area (Å²) in [5.74, 6) is 0. The molecule has 1 aromatic carbocycles. The van der Waals surface area contributed by atoms with Crippen molar-refractivity contribution in [2.24, 2.45) is 11.5 Å². The first-order valence-electron chi connectivity index (χ1n) is 3.49. The van der Waals surface area contributed by atoms with E-state index < -0.39 is 0 Å². The Bertz CT molecular complexity index is 258. The fourth-order valence-electron chi connectivity index (χ4n) is 0.845. The van der Waals surface area contributed by atoms with Gasteiger partial charge in [0.1, 0.15) is 0 Å². The van der Waals surface area contributed by atoms with Crippen molar-refractivity contribution in [3.63, 3.8) is 0 Å². The second-order valence-corrected chi connectivity index (χ2v) is 2.46. The van der Waals surface area contributed by atoms with E-state index in [1.165, 1.54) is 0 Å². The Labute approximate surface area is 66.5 Å². The SMILES string of the molecule is C/C(N)=C(/N)c1ccccc1. The maximum Gasteiger partial charge on any atom is 0.0575 e. The van der Waals surface area contributed by atoms with Gasteiger partial charge >= 0.3 is 0 Å². The molecule has 0 fully saturated rings. The van der Waals surface area contributed by atoms with Gasteiger partial charge in [-0.05, 0) is 12.5 Å². The molecule has 0 unspecified atom stereocenters. The Hall–Kier alpha value is -1.44. The highest BCUT2D eigenvalue weighted by Crippen LogP contribution is 2.08. The van der Waals surface area contributed by atoms with Gasteiger partial charge in [-0.1, -0.05) is 30.3 Å². The lowest BCUT2D eigenvalue weighted by Crippen LogP contribution is -2.05. The molecular weight excluding hydrogens is 136 g/mol. The van der Waals surface area contributed by atoms with Gasteiger partial charge in [-0.15, -0.1) is 0 Å². The lowest BCUT2D eigenvalue weighted by Gasteiger charge is -2.02. The molecule has 2 heteroatoms. The Morgan fingerprint density at radius 3 is 2.09 bits per heavy atom. The highest BCUT2D eigenvalue weighted by atomic mass is 14.7. The van der Waals surface area contributed by atoms with Crippen LogP contribution in [0.15, 0.2) is 36.0 Å². The first-order chi connectivity index (χ1) is 5.22. The summed E-state index contributed by atoms with van der Waals surface area (Å²) in [6.07, 6.45) is 0. The quantitative estimate of drug-likeness (QED) is 0.630. The third-order valence-corrected chi connectivity index (χ3v) is 1.51. The van der Waals surface area contributed by atoms with Gasteiger partial charge in [-0.2, -0.15) is 0 Å². The molecule has 0 spiro atoms. The summed E-state index contributed by atoms with van der Waals surface area (Å²) >= 11 is 0. The van der Waals surface area contributed by atoms with Crippen LogP contribution in [0.3, 0.4) is 0 Å². The molecule has 0 radical (unpaired) electrons. The smallest absolute Gasteiger partial charge is 0.0575 e. The molecule has 1 aromatic rings. The van der Waals surface area contributed by atoms with Crippen molar-refractivity contribution in [2.45, 2.75) is 6.92 Å². The number of rotatable bonds is 1. The van der Waals surface area contributed by atoms with E-state index in [0.717, 1.165) is 5.56 Å². The van der Waals surface area contributed by atoms with Crippen LogP contribution in [0.5, 0.6) is 0 Å². The van der Waals surface area contributed by atoms with E-state index in [1.54, 1.807) is 6.92 Å². The molecule has 4 N–H and O–H groups in total. The molecule has 0 saturated carbocycles. The van der Waals surface area contributed by atoms with E-state index >= 15 is 0 Å². The summed E-state index contributed by atoms with van der Waals surface area (Å²) in [5, 5.41) is 0. The monoisotopic (exact) mass is 148 g/mol. The van der Waals surface area contributed by atoms with Crippen molar-refractivity contribution in [1.82, 2.24) is 0 Å². The predicted octanol–water partition coefficient (Wildman–Crippen LogP) is 1.29. The Balaban J connectivity index is 3.04. The third kappa shape index (κ3) is 1.74. The number of allylic oxidation sites excluding steroid dienone is 1. The predicted molar refractivity (Wildman–Crippen MR) is 47.4 cm³/mol. The molecule has 1 rings (SSSR count). The molecule has 58 valence electrons. The van der Waals surface area contributed by atoms with Crippen LogP contribution in [0.25, 0.3) is 5.70 Å². The summed E-state index contributed by atoms with van der Waals surface area (Å²) < 4.78 is 0. The van der Waals surface area contributed by atoms with Gasteiger partial charge in [0.15, 0.2) is 0 Å². The van der Waals surface area contributed by atoms with Gasteiger partial charge < -0.3 is 11.5 Å². The summed E-state index contributed by atoms with van der Waals surface area (Å²) in [5.41, 5.74) is 13.5. The Kier molecular flexibility index (Phi) is 2.16. The summed E-state index contributed by atoms with van der Waals surface area (Å²) in [6, 6.07) is 9.69. The van der Waals surface area contributed by atoms with Crippen molar-refractivity contribution >= 4 is 5.70 Å². The van der Waals surface area contributed by atoms with Crippen molar-refractivity contribution in [3.05, 3.63) is 41.6 Å². The van der Waals surface area contributed by atoms with Crippen LogP contribution in [-0.4, -0.2) is 0 Å². The topological polar surface area (TPSA) is 52.0 Å². The molecule has 0 aromatic heterocycles. The fraction of sp³-hybridized carbons (Fsp3) is 0.111. The van der Waals surface area contributed by atoms with Gasteiger partial charge in [0.2, 0.25) is 0 Å². The second kappa shape index (κ2) is 3.10. The molecular formula is C9H12N2. The first kappa shape index (κ1) is 7.66. The van der Waals surface area contributed by atoms with Crippen molar-refractivity contribution in [1.29, 1.82) is 0 Å².